The maximum atomic E-state index is 11.9. The quantitative estimate of drug-likeness (QED) is 0.788. The maximum absolute atomic E-state index is 11.9. The Hall–Kier alpha value is -0.800. The van der Waals surface area contributed by atoms with E-state index in [0.717, 1.165) is 3.57 Å². The maximum Gasteiger partial charge on any atom is 0.253 e. The van der Waals surface area contributed by atoms with Crippen LogP contribution in [-0.2, 0) is 0 Å². The highest BCUT2D eigenvalue weighted by molar-refractivity contribution is 14.1. The molecular weight excluding hydrogens is 338 g/mol. The fourth-order valence-electron chi connectivity index (χ4n) is 1.17. The molecule has 5 heteroatoms. The Morgan fingerprint density at radius 2 is 2.31 bits per heavy atom. The van der Waals surface area contributed by atoms with Crippen molar-refractivity contribution in [3.05, 3.63) is 32.4 Å². The average Bonchev–Trinajstić information content (AvgIpc) is 2.28. The summed E-state index contributed by atoms with van der Waals surface area (Å²) in [7, 11) is 1.67. The van der Waals surface area contributed by atoms with Crippen LogP contribution in [0.4, 0.5) is 0 Å². The SMILES string of the molecule is CN(CCC#N)C(=O)c1ccc(I)c(Cl)c1. The highest BCUT2D eigenvalue weighted by atomic mass is 127. The minimum absolute atomic E-state index is 0.117. The van der Waals surface area contributed by atoms with Gasteiger partial charge in [-0.1, -0.05) is 11.6 Å². The number of carbonyl (C=O) groups excluding carboxylic acids is 1. The summed E-state index contributed by atoms with van der Waals surface area (Å²) >= 11 is 8.04. The number of benzene rings is 1. The van der Waals surface area contributed by atoms with E-state index in [1.54, 1.807) is 25.2 Å². The third-order valence-electron chi connectivity index (χ3n) is 2.07. The van der Waals surface area contributed by atoms with Gasteiger partial charge in [0.05, 0.1) is 17.5 Å². The molecule has 0 unspecified atom stereocenters. The molecule has 0 N–H and O–H groups in total. The summed E-state index contributed by atoms with van der Waals surface area (Å²) in [5.41, 5.74) is 0.547. The lowest BCUT2D eigenvalue weighted by atomic mass is 10.2. The van der Waals surface area contributed by atoms with Crippen LogP contribution >= 0.6 is 34.2 Å². The Morgan fingerprint density at radius 1 is 1.62 bits per heavy atom. The van der Waals surface area contributed by atoms with Gasteiger partial charge in [0.25, 0.3) is 5.91 Å². The predicted molar refractivity (Wildman–Crippen MR) is 71.4 cm³/mol. The van der Waals surface area contributed by atoms with Gasteiger partial charge in [0.1, 0.15) is 0 Å². The first-order valence-corrected chi connectivity index (χ1v) is 6.09. The predicted octanol–water partition coefficient (Wildman–Crippen LogP) is 2.93. The number of hydrogen-bond donors (Lipinski definition) is 0. The first kappa shape index (κ1) is 13.3. The summed E-state index contributed by atoms with van der Waals surface area (Å²) < 4.78 is 0.912. The van der Waals surface area contributed by atoms with Crippen molar-refractivity contribution in [2.75, 3.05) is 13.6 Å². The Morgan fingerprint density at radius 3 is 2.88 bits per heavy atom. The molecule has 0 aliphatic heterocycles. The lowest BCUT2D eigenvalue weighted by Gasteiger charge is -2.15. The molecule has 0 radical (unpaired) electrons. The van der Waals surface area contributed by atoms with Gasteiger partial charge in [-0.2, -0.15) is 5.26 Å². The zero-order chi connectivity index (χ0) is 12.1. The highest BCUT2D eigenvalue weighted by Gasteiger charge is 2.12. The third kappa shape index (κ3) is 3.35. The second-order valence-electron chi connectivity index (χ2n) is 3.26. The number of halogens is 2. The molecule has 16 heavy (non-hydrogen) atoms. The van der Waals surface area contributed by atoms with Crippen LogP contribution in [0.2, 0.25) is 5.02 Å². The van der Waals surface area contributed by atoms with E-state index in [2.05, 4.69) is 22.6 Å². The van der Waals surface area contributed by atoms with E-state index in [4.69, 9.17) is 16.9 Å². The molecule has 0 aromatic heterocycles. The summed E-state index contributed by atoms with van der Waals surface area (Å²) in [6.45, 7) is 0.430. The molecule has 0 saturated heterocycles. The van der Waals surface area contributed by atoms with Crippen LogP contribution in [-0.4, -0.2) is 24.4 Å². The van der Waals surface area contributed by atoms with Gasteiger partial charge in [0.15, 0.2) is 0 Å². The van der Waals surface area contributed by atoms with Gasteiger partial charge in [-0.3, -0.25) is 4.79 Å². The molecule has 0 fully saturated rings. The molecule has 0 spiro atoms. The molecule has 0 atom stereocenters. The number of carbonyl (C=O) groups is 1. The minimum atomic E-state index is -0.117. The Bertz CT molecular complexity index is 442. The number of nitrogens with zero attached hydrogens (tertiary/aromatic N) is 2. The minimum Gasteiger partial charge on any atom is -0.341 e. The van der Waals surface area contributed by atoms with Gasteiger partial charge in [-0.25, -0.2) is 0 Å². The molecule has 0 aliphatic rings. The van der Waals surface area contributed by atoms with Crippen LogP contribution in [0, 0.1) is 14.9 Å². The van der Waals surface area contributed by atoms with Crippen molar-refractivity contribution in [2.24, 2.45) is 0 Å². The Balaban J connectivity index is 2.80. The van der Waals surface area contributed by atoms with Crippen molar-refractivity contribution >= 4 is 40.1 Å². The van der Waals surface area contributed by atoms with Crippen LogP contribution in [0.1, 0.15) is 16.8 Å². The molecule has 0 heterocycles. The molecule has 1 amide bonds. The van der Waals surface area contributed by atoms with Crippen LogP contribution in [0.25, 0.3) is 0 Å². The van der Waals surface area contributed by atoms with Crippen molar-refractivity contribution in [1.82, 2.24) is 4.90 Å². The van der Waals surface area contributed by atoms with Gasteiger partial charge in [-0.05, 0) is 40.8 Å². The van der Waals surface area contributed by atoms with Crippen LogP contribution in [0.15, 0.2) is 18.2 Å². The summed E-state index contributed by atoms with van der Waals surface area (Å²) in [4.78, 5) is 13.4. The lowest BCUT2D eigenvalue weighted by molar-refractivity contribution is 0.0798. The van der Waals surface area contributed by atoms with Crippen molar-refractivity contribution in [2.45, 2.75) is 6.42 Å². The molecule has 84 valence electrons. The average molecular weight is 349 g/mol. The molecule has 0 bridgehead atoms. The van der Waals surface area contributed by atoms with Crippen molar-refractivity contribution in [3.63, 3.8) is 0 Å². The van der Waals surface area contributed by atoms with E-state index in [0.29, 0.717) is 23.6 Å². The molecule has 0 saturated carbocycles. The largest absolute Gasteiger partial charge is 0.341 e. The van der Waals surface area contributed by atoms with E-state index in [-0.39, 0.29) is 5.91 Å². The zero-order valence-electron chi connectivity index (χ0n) is 8.70. The van der Waals surface area contributed by atoms with Crippen LogP contribution in [0.3, 0.4) is 0 Å². The first-order chi connectivity index (χ1) is 7.56. The fraction of sp³-hybridized carbons (Fsp3) is 0.273. The second-order valence-corrected chi connectivity index (χ2v) is 4.83. The van der Waals surface area contributed by atoms with Crippen LogP contribution < -0.4 is 0 Å². The van der Waals surface area contributed by atoms with E-state index >= 15 is 0 Å². The normalized spacial score (nSPS) is 9.62. The lowest BCUT2D eigenvalue weighted by Crippen LogP contribution is -2.27. The number of rotatable bonds is 3. The first-order valence-electron chi connectivity index (χ1n) is 4.63. The van der Waals surface area contributed by atoms with Crippen LogP contribution in [0.5, 0.6) is 0 Å². The number of amides is 1. The number of hydrogen-bond acceptors (Lipinski definition) is 2. The Kier molecular flexibility index (Phi) is 5.03. The monoisotopic (exact) mass is 348 g/mol. The van der Waals surface area contributed by atoms with E-state index in [1.165, 1.54) is 4.90 Å². The smallest absolute Gasteiger partial charge is 0.253 e. The summed E-state index contributed by atoms with van der Waals surface area (Å²) in [6.07, 6.45) is 0.334. The molecule has 0 aliphatic carbocycles. The molecule has 1 aromatic carbocycles. The van der Waals surface area contributed by atoms with Crippen molar-refractivity contribution < 1.29 is 4.79 Å². The van der Waals surface area contributed by atoms with Gasteiger partial charge in [0, 0.05) is 22.7 Å². The standard InChI is InChI=1S/C11H10ClIN2O/c1-15(6-2-5-14)11(16)8-3-4-10(13)9(12)7-8/h3-4,7H,2,6H2,1H3. The summed E-state index contributed by atoms with van der Waals surface area (Å²) in [6, 6.07) is 7.19. The number of nitriles is 1. The summed E-state index contributed by atoms with van der Waals surface area (Å²) in [5, 5.41) is 9.01. The molecule has 3 nitrogen and oxygen atoms in total. The highest BCUT2D eigenvalue weighted by Crippen LogP contribution is 2.20. The molecule has 1 aromatic rings. The topological polar surface area (TPSA) is 44.1 Å². The second kappa shape index (κ2) is 6.06. The van der Waals surface area contributed by atoms with E-state index in [9.17, 15) is 4.79 Å². The van der Waals surface area contributed by atoms with Crippen molar-refractivity contribution in [1.29, 1.82) is 5.26 Å². The van der Waals surface area contributed by atoms with Crippen molar-refractivity contribution in [3.8, 4) is 6.07 Å². The zero-order valence-corrected chi connectivity index (χ0v) is 11.6. The fourth-order valence-corrected chi connectivity index (χ4v) is 1.68. The van der Waals surface area contributed by atoms with E-state index < -0.39 is 0 Å². The van der Waals surface area contributed by atoms with Gasteiger partial charge in [-0.15, -0.1) is 0 Å². The van der Waals surface area contributed by atoms with Gasteiger partial charge < -0.3 is 4.90 Å². The molecule has 1 rings (SSSR count). The molecular formula is C11H10ClIN2O. The van der Waals surface area contributed by atoms with E-state index in [1.807, 2.05) is 6.07 Å². The summed E-state index contributed by atoms with van der Waals surface area (Å²) in [5.74, 6) is -0.117. The van der Waals surface area contributed by atoms with Gasteiger partial charge in [0.2, 0.25) is 0 Å². The van der Waals surface area contributed by atoms with Gasteiger partial charge >= 0.3 is 0 Å². The Labute approximate surface area is 113 Å². The third-order valence-corrected chi connectivity index (χ3v) is 3.64.